The van der Waals surface area contributed by atoms with Gasteiger partial charge in [0, 0.05) is 11.7 Å². The Morgan fingerprint density at radius 3 is 2.30 bits per heavy atom. The number of aliphatic hydroxyl groups is 1. The monoisotopic (exact) mass is 298 g/mol. The van der Waals surface area contributed by atoms with Gasteiger partial charge in [0.1, 0.15) is 0 Å². The maximum atomic E-state index is 12.0. The number of nitrogens with one attached hydrogen (secondary N) is 2. The Balaban J connectivity index is 2.05. The Morgan fingerprint density at radius 1 is 1.25 bits per heavy atom. The lowest BCUT2D eigenvalue weighted by atomic mass is 10.1. The maximum absolute atomic E-state index is 12.0. The summed E-state index contributed by atoms with van der Waals surface area (Å²) < 4.78 is 26.7. The fourth-order valence-electron chi connectivity index (χ4n) is 1.86. The van der Waals surface area contributed by atoms with Crippen molar-refractivity contribution >= 4 is 15.7 Å². The molecule has 2 rings (SSSR count). The van der Waals surface area contributed by atoms with E-state index in [4.69, 9.17) is 0 Å². The molecule has 1 aromatic rings. The van der Waals surface area contributed by atoms with Crippen molar-refractivity contribution in [3.05, 3.63) is 24.3 Å². The highest BCUT2D eigenvalue weighted by Crippen LogP contribution is 2.23. The van der Waals surface area contributed by atoms with Gasteiger partial charge in [0.25, 0.3) is 0 Å². The quantitative estimate of drug-likeness (QED) is 0.714. The third-order valence-electron chi connectivity index (χ3n) is 3.42. The van der Waals surface area contributed by atoms with Crippen molar-refractivity contribution in [1.29, 1.82) is 0 Å². The number of hydrogen-bond acceptors (Lipinski definition) is 4. The van der Waals surface area contributed by atoms with E-state index in [9.17, 15) is 13.5 Å². The molecule has 1 aromatic carbocycles. The Hall–Kier alpha value is -1.11. The fourth-order valence-corrected chi connectivity index (χ4v) is 3.16. The Kier molecular flexibility index (Phi) is 4.67. The van der Waals surface area contributed by atoms with Crippen LogP contribution in [0.25, 0.3) is 0 Å². The molecule has 20 heavy (non-hydrogen) atoms. The van der Waals surface area contributed by atoms with Crippen molar-refractivity contribution in [1.82, 2.24) is 4.72 Å². The lowest BCUT2D eigenvalue weighted by Crippen LogP contribution is -2.29. The maximum Gasteiger partial charge on any atom is 0.240 e. The summed E-state index contributed by atoms with van der Waals surface area (Å²) in [5.41, 5.74) is 0.808. The van der Waals surface area contributed by atoms with E-state index in [1.165, 1.54) is 0 Å². The molecule has 112 valence electrons. The smallest absolute Gasteiger partial charge is 0.240 e. The van der Waals surface area contributed by atoms with Gasteiger partial charge in [-0.25, -0.2) is 13.1 Å². The van der Waals surface area contributed by atoms with Crippen LogP contribution in [0, 0.1) is 5.92 Å². The van der Waals surface area contributed by atoms with Crippen molar-refractivity contribution < 1.29 is 13.5 Å². The van der Waals surface area contributed by atoms with Gasteiger partial charge in [0.15, 0.2) is 0 Å². The third kappa shape index (κ3) is 3.94. The molecular formula is C14H22N2O3S. The molecule has 1 atom stereocenters. The van der Waals surface area contributed by atoms with Crippen molar-refractivity contribution in [2.75, 3.05) is 11.9 Å². The molecule has 0 heterocycles. The van der Waals surface area contributed by atoms with E-state index < -0.39 is 10.0 Å². The standard InChI is InChI=1S/C14H22N2O3S/c1-10(2)14(9-17)15-11-5-7-13(8-6-11)20(18,19)16-12-3-4-12/h5-8,10,12,14-17H,3-4,9H2,1-2H3/t14-/m1/s1. The molecule has 1 aliphatic carbocycles. The summed E-state index contributed by atoms with van der Waals surface area (Å²) in [6, 6.07) is 6.70. The van der Waals surface area contributed by atoms with Gasteiger partial charge in [-0.05, 0) is 43.0 Å². The zero-order chi connectivity index (χ0) is 14.8. The largest absolute Gasteiger partial charge is 0.394 e. The summed E-state index contributed by atoms with van der Waals surface area (Å²) >= 11 is 0. The molecule has 1 fully saturated rings. The average Bonchev–Trinajstić information content (AvgIpc) is 3.19. The van der Waals surface area contributed by atoms with Crippen molar-refractivity contribution in [3.63, 3.8) is 0 Å². The molecule has 5 nitrogen and oxygen atoms in total. The van der Waals surface area contributed by atoms with Crippen LogP contribution in [0.2, 0.25) is 0 Å². The van der Waals surface area contributed by atoms with Crippen LogP contribution in [0.5, 0.6) is 0 Å². The highest BCUT2D eigenvalue weighted by atomic mass is 32.2. The van der Waals surface area contributed by atoms with E-state index >= 15 is 0 Å². The van der Waals surface area contributed by atoms with Crippen molar-refractivity contribution in [2.45, 2.75) is 43.7 Å². The molecule has 0 aromatic heterocycles. The summed E-state index contributed by atoms with van der Waals surface area (Å²) in [6.07, 6.45) is 1.84. The first kappa shape index (κ1) is 15.3. The molecule has 0 bridgehead atoms. The van der Waals surface area contributed by atoms with Gasteiger partial charge in [-0.3, -0.25) is 0 Å². The minimum atomic E-state index is -3.39. The van der Waals surface area contributed by atoms with Gasteiger partial charge in [0.05, 0.1) is 17.5 Å². The number of rotatable bonds is 7. The molecule has 0 unspecified atom stereocenters. The Morgan fingerprint density at radius 2 is 1.85 bits per heavy atom. The van der Waals surface area contributed by atoms with Gasteiger partial charge in [0.2, 0.25) is 10.0 Å². The van der Waals surface area contributed by atoms with Crippen LogP contribution in [-0.2, 0) is 10.0 Å². The van der Waals surface area contributed by atoms with Gasteiger partial charge in [-0.2, -0.15) is 0 Å². The highest BCUT2D eigenvalue weighted by Gasteiger charge is 2.27. The molecule has 0 aliphatic heterocycles. The van der Waals surface area contributed by atoms with E-state index in [2.05, 4.69) is 10.0 Å². The topological polar surface area (TPSA) is 78.4 Å². The normalized spacial score (nSPS) is 17.2. The van der Waals surface area contributed by atoms with Crippen LogP contribution in [0.1, 0.15) is 26.7 Å². The van der Waals surface area contributed by atoms with Crippen LogP contribution in [0.15, 0.2) is 29.2 Å². The van der Waals surface area contributed by atoms with Crippen LogP contribution >= 0.6 is 0 Å². The Labute approximate surface area is 120 Å². The van der Waals surface area contributed by atoms with Gasteiger partial charge in [-0.15, -0.1) is 0 Å². The van der Waals surface area contributed by atoms with Crippen LogP contribution in [-0.4, -0.2) is 32.2 Å². The number of hydrogen-bond donors (Lipinski definition) is 3. The second-order valence-electron chi connectivity index (χ2n) is 5.60. The van der Waals surface area contributed by atoms with E-state index in [1.807, 2.05) is 13.8 Å². The lowest BCUT2D eigenvalue weighted by molar-refractivity contribution is 0.249. The Bertz CT molecular complexity index is 536. The van der Waals surface area contributed by atoms with Crippen molar-refractivity contribution in [2.24, 2.45) is 5.92 Å². The van der Waals surface area contributed by atoms with E-state index in [-0.39, 0.29) is 23.6 Å². The van der Waals surface area contributed by atoms with Crippen LogP contribution < -0.4 is 10.0 Å². The first-order valence-corrected chi connectivity index (χ1v) is 8.40. The number of benzene rings is 1. The van der Waals surface area contributed by atoms with E-state index in [0.717, 1.165) is 18.5 Å². The molecular weight excluding hydrogens is 276 g/mol. The summed E-state index contributed by atoms with van der Waals surface area (Å²) in [7, 11) is -3.39. The molecule has 0 amide bonds. The SMILES string of the molecule is CC(C)[C@@H](CO)Nc1ccc(S(=O)(=O)NC2CC2)cc1. The van der Waals surface area contributed by atoms with Crippen LogP contribution in [0.4, 0.5) is 5.69 Å². The average molecular weight is 298 g/mol. The van der Waals surface area contributed by atoms with Gasteiger partial charge < -0.3 is 10.4 Å². The molecule has 0 spiro atoms. The number of anilines is 1. The first-order chi connectivity index (χ1) is 9.42. The van der Waals surface area contributed by atoms with Gasteiger partial charge >= 0.3 is 0 Å². The fraction of sp³-hybridized carbons (Fsp3) is 0.571. The molecule has 0 saturated heterocycles. The first-order valence-electron chi connectivity index (χ1n) is 6.92. The molecule has 1 saturated carbocycles. The number of aliphatic hydroxyl groups excluding tert-OH is 1. The summed E-state index contributed by atoms with van der Waals surface area (Å²) in [5, 5.41) is 12.5. The lowest BCUT2D eigenvalue weighted by Gasteiger charge is -2.21. The molecule has 6 heteroatoms. The zero-order valence-electron chi connectivity index (χ0n) is 11.8. The minimum Gasteiger partial charge on any atom is -0.394 e. The summed E-state index contributed by atoms with van der Waals surface area (Å²) in [4.78, 5) is 0.278. The molecule has 3 N–H and O–H groups in total. The minimum absolute atomic E-state index is 0.0398. The zero-order valence-corrected chi connectivity index (χ0v) is 12.7. The van der Waals surface area contributed by atoms with Crippen molar-refractivity contribution in [3.8, 4) is 0 Å². The summed E-state index contributed by atoms with van der Waals surface area (Å²) in [5.74, 6) is 0.292. The third-order valence-corrected chi connectivity index (χ3v) is 4.95. The van der Waals surface area contributed by atoms with E-state index in [1.54, 1.807) is 24.3 Å². The molecule has 1 aliphatic rings. The molecule has 0 radical (unpaired) electrons. The highest BCUT2D eigenvalue weighted by molar-refractivity contribution is 7.89. The summed E-state index contributed by atoms with van der Waals surface area (Å²) in [6.45, 7) is 4.08. The second-order valence-corrected chi connectivity index (χ2v) is 7.31. The van der Waals surface area contributed by atoms with Gasteiger partial charge in [-0.1, -0.05) is 13.8 Å². The second kappa shape index (κ2) is 6.11. The van der Waals surface area contributed by atoms with E-state index in [0.29, 0.717) is 5.92 Å². The number of sulfonamides is 1. The predicted molar refractivity (Wildman–Crippen MR) is 79.1 cm³/mol. The van der Waals surface area contributed by atoms with Crippen LogP contribution in [0.3, 0.4) is 0 Å². The predicted octanol–water partition coefficient (Wildman–Crippen LogP) is 1.56.